The zero-order chi connectivity index (χ0) is 18.4. The van der Waals surface area contributed by atoms with Crippen molar-refractivity contribution >= 4 is 5.91 Å². The molecule has 1 unspecified atom stereocenters. The van der Waals surface area contributed by atoms with Crippen LogP contribution in [-0.2, 0) is 17.8 Å². The topological polar surface area (TPSA) is 54.3 Å². The molecule has 1 aromatic carbocycles. The molecule has 26 heavy (non-hydrogen) atoms. The summed E-state index contributed by atoms with van der Waals surface area (Å²) in [5.74, 6) is 0.368. The maximum absolute atomic E-state index is 13.8. The molecule has 0 radical (unpaired) electrons. The number of halogens is 1. The molecule has 1 aliphatic heterocycles. The van der Waals surface area contributed by atoms with Gasteiger partial charge in [0.2, 0.25) is 5.91 Å². The molecular weight excluding hydrogens is 333 g/mol. The third-order valence-electron chi connectivity index (χ3n) is 4.98. The maximum Gasteiger partial charge on any atom is 0.244 e. The van der Waals surface area contributed by atoms with Gasteiger partial charge in [-0.1, -0.05) is 18.2 Å². The van der Waals surface area contributed by atoms with E-state index in [0.717, 1.165) is 51.0 Å². The molecular formula is C19H26FN5O. The van der Waals surface area contributed by atoms with E-state index >= 15 is 0 Å². The standard InChI is InChI=1S/C19H26FN5O/c1-23(19(26)13-25-15-21-14-22-25)11-16-5-4-9-24(12-16)10-8-17-6-2-3-7-18(17)20/h2-3,6-7,14-16H,4-5,8-13H2,1H3. The first kappa shape index (κ1) is 18.5. The number of piperidine rings is 1. The summed E-state index contributed by atoms with van der Waals surface area (Å²) in [5.41, 5.74) is 0.773. The first-order valence-electron chi connectivity index (χ1n) is 9.14. The summed E-state index contributed by atoms with van der Waals surface area (Å²) in [5, 5.41) is 3.98. The first-order chi connectivity index (χ1) is 12.6. The van der Waals surface area contributed by atoms with Gasteiger partial charge in [0.05, 0.1) is 0 Å². The van der Waals surface area contributed by atoms with Gasteiger partial charge in [0.15, 0.2) is 0 Å². The van der Waals surface area contributed by atoms with Crippen molar-refractivity contribution in [2.24, 2.45) is 5.92 Å². The molecule has 0 bridgehead atoms. The summed E-state index contributed by atoms with van der Waals surface area (Å²) in [6, 6.07) is 6.98. The molecule has 6 nitrogen and oxygen atoms in total. The normalized spacial score (nSPS) is 18.0. The van der Waals surface area contributed by atoms with Crippen molar-refractivity contribution in [2.45, 2.75) is 25.8 Å². The van der Waals surface area contributed by atoms with Gasteiger partial charge in [-0.3, -0.25) is 4.79 Å². The second-order valence-corrected chi connectivity index (χ2v) is 7.02. The molecule has 2 heterocycles. The Morgan fingerprint density at radius 1 is 1.38 bits per heavy atom. The highest BCUT2D eigenvalue weighted by Gasteiger charge is 2.23. The van der Waals surface area contributed by atoms with E-state index in [2.05, 4.69) is 15.0 Å². The van der Waals surface area contributed by atoms with Crippen LogP contribution in [0.4, 0.5) is 4.39 Å². The summed E-state index contributed by atoms with van der Waals surface area (Å²) >= 11 is 0. The Balaban J connectivity index is 1.45. The minimum atomic E-state index is -0.125. The fraction of sp³-hybridized carbons (Fsp3) is 0.526. The van der Waals surface area contributed by atoms with Crippen LogP contribution in [0.1, 0.15) is 18.4 Å². The monoisotopic (exact) mass is 359 g/mol. The number of carbonyl (C=O) groups excluding carboxylic acids is 1. The third-order valence-corrected chi connectivity index (χ3v) is 4.98. The fourth-order valence-electron chi connectivity index (χ4n) is 3.55. The summed E-state index contributed by atoms with van der Waals surface area (Å²) in [7, 11) is 1.84. The molecule has 1 aromatic heterocycles. The van der Waals surface area contributed by atoms with Crippen LogP contribution in [0.5, 0.6) is 0 Å². The number of carbonyl (C=O) groups is 1. The second kappa shape index (κ2) is 8.89. The summed E-state index contributed by atoms with van der Waals surface area (Å²) in [6.45, 7) is 3.81. The third kappa shape index (κ3) is 5.11. The Bertz CT molecular complexity index is 706. The van der Waals surface area contributed by atoms with Gasteiger partial charge in [-0.2, -0.15) is 5.10 Å². The van der Waals surface area contributed by atoms with Crippen molar-refractivity contribution in [3.63, 3.8) is 0 Å². The molecule has 1 amide bonds. The zero-order valence-corrected chi connectivity index (χ0v) is 15.2. The van der Waals surface area contributed by atoms with Gasteiger partial charge in [0, 0.05) is 26.7 Å². The highest BCUT2D eigenvalue weighted by atomic mass is 19.1. The number of nitrogens with zero attached hydrogens (tertiary/aromatic N) is 5. The van der Waals surface area contributed by atoms with Crippen molar-refractivity contribution in [1.82, 2.24) is 24.6 Å². The second-order valence-electron chi connectivity index (χ2n) is 7.02. The lowest BCUT2D eigenvalue weighted by molar-refractivity contribution is -0.131. The van der Waals surface area contributed by atoms with E-state index < -0.39 is 0 Å². The molecule has 0 spiro atoms. The molecule has 2 aromatic rings. The SMILES string of the molecule is CN(CC1CCCN(CCc2ccccc2F)C1)C(=O)Cn1cncn1. The number of benzene rings is 1. The van der Waals surface area contributed by atoms with E-state index in [1.54, 1.807) is 22.0 Å². The molecule has 7 heteroatoms. The van der Waals surface area contributed by atoms with Crippen LogP contribution in [-0.4, -0.2) is 63.7 Å². The van der Waals surface area contributed by atoms with Gasteiger partial charge >= 0.3 is 0 Å². The molecule has 0 saturated carbocycles. The Morgan fingerprint density at radius 3 is 3.00 bits per heavy atom. The van der Waals surface area contributed by atoms with Crippen LogP contribution in [0.25, 0.3) is 0 Å². The quantitative estimate of drug-likeness (QED) is 0.757. The van der Waals surface area contributed by atoms with Gasteiger partial charge < -0.3 is 9.80 Å². The number of likely N-dealkylation sites (N-methyl/N-ethyl adjacent to an activating group) is 1. The summed E-state index contributed by atoms with van der Waals surface area (Å²) < 4.78 is 15.3. The minimum Gasteiger partial charge on any atom is -0.344 e. The number of amides is 1. The first-order valence-corrected chi connectivity index (χ1v) is 9.14. The zero-order valence-electron chi connectivity index (χ0n) is 15.2. The number of hydrogen-bond acceptors (Lipinski definition) is 4. The molecule has 1 fully saturated rings. The number of likely N-dealkylation sites (tertiary alicyclic amines) is 1. The highest BCUT2D eigenvalue weighted by Crippen LogP contribution is 2.18. The molecule has 140 valence electrons. The predicted octanol–water partition coefficient (Wildman–Crippen LogP) is 1.83. The lowest BCUT2D eigenvalue weighted by Crippen LogP contribution is -2.43. The van der Waals surface area contributed by atoms with Crippen molar-refractivity contribution < 1.29 is 9.18 Å². The lowest BCUT2D eigenvalue weighted by atomic mass is 9.97. The van der Waals surface area contributed by atoms with Crippen molar-refractivity contribution in [3.05, 3.63) is 48.3 Å². The van der Waals surface area contributed by atoms with E-state index in [1.807, 2.05) is 19.2 Å². The largest absolute Gasteiger partial charge is 0.344 e. The van der Waals surface area contributed by atoms with Gasteiger partial charge in [0.25, 0.3) is 0 Å². The van der Waals surface area contributed by atoms with Crippen LogP contribution in [0, 0.1) is 11.7 Å². The van der Waals surface area contributed by atoms with Crippen LogP contribution >= 0.6 is 0 Å². The number of rotatable bonds is 7. The minimum absolute atomic E-state index is 0.0407. The van der Waals surface area contributed by atoms with E-state index in [-0.39, 0.29) is 18.3 Å². The predicted molar refractivity (Wildman–Crippen MR) is 96.9 cm³/mol. The van der Waals surface area contributed by atoms with Crippen molar-refractivity contribution in [3.8, 4) is 0 Å². The molecule has 0 aliphatic carbocycles. The molecule has 0 N–H and O–H groups in total. The lowest BCUT2D eigenvalue weighted by Gasteiger charge is -2.34. The van der Waals surface area contributed by atoms with Gasteiger partial charge in [-0.05, 0) is 43.4 Å². The van der Waals surface area contributed by atoms with Crippen LogP contribution in [0.3, 0.4) is 0 Å². The molecule has 1 atom stereocenters. The number of aromatic nitrogens is 3. The van der Waals surface area contributed by atoms with Gasteiger partial charge in [-0.15, -0.1) is 0 Å². The Morgan fingerprint density at radius 2 is 2.23 bits per heavy atom. The average molecular weight is 359 g/mol. The maximum atomic E-state index is 13.8. The Kier molecular flexibility index (Phi) is 6.33. The highest BCUT2D eigenvalue weighted by molar-refractivity contribution is 5.75. The van der Waals surface area contributed by atoms with E-state index in [0.29, 0.717) is 5.92 Å². The smallest absolute Gasteiger partial charge is 0.244 e. The molecule has 1 aliphatic rings. The van der Waals surface area contributed by atoms with E-state index in [1.165, 1.54) is 12.4 Å². The Labute approximate surface area is 153 Å². The number of hydrogen-bond donors (Lipinski definition) is 0. The van der Waals surface area contributed by atoms with Gasteiger partial charge in [0.1, 0.15) is 25.0 Å². The van der Waals surface area contributed by atoms with E-state index in [9.17, 15) is 9.18 Å². The van der Waals surface area contributed by atoms with Crippen molar-refractivity contribution in [2.75, 3.05) is 33.2 Å². The molecule has 1 saturated heterocycles. The summed E-state index contributed by atoms with van der Waals surface area (Å²) in [4.78, 5) is 20.3. The van der Waals surface area contributed by atoms with Crippen LogP contribution in [0.15, 0.2) is 36.9 Å². The summed E-state index contributed by atoms with van der Waals surface area (Å²) in [6.07, 6.45) is 5.95. The van der Waals surface area contributed by atoms with Crippen LogP contribution < -0.4 is 0 Å². The van der Waals surface area contributed by atoms with Gasteiger partial charge in [-0.25, -0.2) is 14.1 Å². The van der Waals surface area contributed by atoms with Crippen LogP contribution in [0.2, 0.25) is 0 Å². The van der Waals surface area contributed by atoms with Crippen molar-refractivity contribution in [1.29, 1.82) is 0 Å². The molecule has 3 rings (SSSR count). The average Bonchev–Trinajstić information content (AvgIpc) is 3.14. The fourth-order valence-corrected chi connectivity index (χ4v) is 3.55. The van der Waals surface area contributed by atoms with E-state index in [4.69, 9.17) is 0 Å². The Hall–Kier alpha value is -2.28.